The molecule has 4 aromatic rings. The van der Waals surface area contributed by atoms with Crippen LogP contribution in [0.5, 0.6) is 0 Å². The number of hydrogen-bond donors (Lipinski definition) is 1. The molecule has 168 valence electrons. The molecular formula is C23H22N6O3S. The largest absolute Gasteiger partial charge is 0.301 e. The summed E-state index contributed by atoms with van der Waals surface area (Å²) in [5.41, 5.74) is 2.00. The molecule has 0 saturated carbocycles. The Kier molecular flexibility index (Phi) is 5.77. The molecule has 2 aromatic carbocycles. The monoisotopic (exact) mass is 462 g/mol. The minimum atomic E-state index is -0.515. The highest BCUT2D eigenvalue weighted by Crippen LogP contribution is 2.34. The second-order valence-electron chi connectivity index (χ2n) is 8.51. The van der Waals surface area contributed by atoms with E-state index in [0.717, 1.165) is 11.3 Å². The molecule has 2 heterocycles. The molecule has 0 unspecified atom stereocenters. The minimum Gasteiger partial charge on any atom is -0.286 e. The zero-order valence-corrected chi connectivity index (χ0v) is 19.4. The van der Waals surface area contributed by atoms with Crippen molar-refractivity contribution in [1.82, 2.24) is 14.8 Å². The molecule has 0 saturated heterocycles. The van der Waals surface area contributed by atoms with Gasteiger partial charge in [0, 0.05) is 22.4 Å². The van der Waals surface area contributed by atoms with Crippen LogP contribution in [0.1, 0.15) is 32.0 Å². The van der Waals surface area contributed by atoms with Crippen LogP contribution in [0.3, 0.4) is 0 Å². The number of nitrogens with one attached hydrogen (secondary N) is 1. The van der Waals surface area contributed by atoms with Gasteiger partial charge in [-0.3, -0.25) is 20.0 Å². The Hall–Kier alpha value is -3.92. The average Bonchev–Trinajstić information content (AvgIpc) is 3.38. The standard InChI is InChI=1S/C23H22N6O3S/c1-14-9-8-12-16(29(31)32)18(14)25-26-20-19(15-10-6-5-7-11-15)27-28(21(20)30)22-24-17(13-33-22)23(2,3)4/h5-13,27H,1-4H3. The fraction of sp³-hybridized carbons (Fsp3) is 0.217. The summed E-state index contributed by atoms with van der Waals surface area (Å²) in [6.45, 7) is 7.85. The number of benzene rings is 2. The van der Waals surface area contributed by atoms with Gasteiger partial charge in [0.05, 0.1) is 16.3 Å². The first-order chi connectivity index (χ1) is 15.7. The molecule has 0 amide bonds. The van der Waals surface area contributed by atoms with Gasteiger partial charge in [0.2, 0.25) is 5.13 Å². The van der Waals surface area contributed by atoms with E-state index in [-0.39, 0.29) is 22.5 Å². The van der Waals surface area contributed by atoms with Gasteiger partial charge in [0.15, 0.2) is 11.4 Å². The molecular weight excluding hydrogens is 440 g/mol. The Balaban J connectivity index is 1.88. The third-order valence-electron chi connectivity index (χ3n) is 5.04. The lowest BCUT2D eigenvalue weighted by Gasteiger charge is -2.14. The highest BCUT2D eigenvalue weighted by molar-refractivity contribution is 7.12. The van der Waals surface area contributed by atoms with E-state index in [4.69, 9.17) is 0 Å². The second kappa shape index (κ2) is 8.55. The molecule has 1 N–H and O–H groups in total. The van der Waals surface area contributed by atoms with E-state index in [1.165, 1.54) is 22.1 Å². The predicted octanol–water partition coefficient (Wildman–Crippen LogP) is 6.22. The normalized spacial score (nSPS) is 11.9. The number of hydrogen-bond acceptors (Lipinski definition) is 7. The molecule has 0 spiro atoms. The lowest BCUT2D eigenvalue weighted by atomic mass is 9.93. The number of thiazole rings is 1. The molecule has 4 rings (SSSR count). The topological polar surface area (TPSA) is 119 Å². The highest BCUT2D eigenvalue weighted by Gasteiger charge is 2.23. The van der Waals surface area contributed by atoms with E-state index in [2.05, 4.69) is 20.3 Å². The van der Waals surface area contributed by atoms with Crippen molar-refractivity contribution in [3.05, 3.63) is 85.6 Å². The Morgan fingerprint density at radius 1 is 1.06 bits per heavy atom. The van der Waals surface area contributed by atoms with E-state index >= 15 is 0 Å². The van der Waals surface area contributed by atoms with Crippen molar-refractivity contribution in [2.24, 2.45) is 10.2 Å². The van der Waals surface area contributed by atoms with Gasteiger partial charge in [-0.15, -0.1) is 21.6 Å². The molecule has 9 nitrogen and oxygen atoms in total. The fourth-order valence-corrected chi connectivity index (χ4v) is 4.20. The predicted molar refractivity (Wildman–Crippen MR) is 128 cm³/mol. The van der Waals surface area contributed by atoms with Crippen molar-refractivity contribution in [3.8, 4) is 16.4 Å². The molecule has 0 aliphatic rings. The first kappa shape index (κ1) is 22.3. The fourth-order valence-electron chi connectivity index (χ4n) is 3.19. The minimum absolute atomic E-state index is 0.0475. The number of aromatic amines is 1. The van der Waals surface area contributed by atoms with Gasteiger partial charge in [0.1, 0.15) is 0 Å². The highest BCUT2D eigenvalue weighted by atomic mass is 32.1. The summed E-state index contributed by atoms with van der Waals surface area (Å²) in [6.07, 6.45) is 0. The number of aromatic nitrogens is 3. The Labute approximate surface area is 193 Å². The maximum Gasteiger partial charge on any atom is 0.301 e. The van der Waals surface area contributed by atoms with Gasteiger partial charge in [-0.25, -0.2) is 4.98 Å². The number of nitrogens with zero attached hydrogens (tertiary/aromatic N) is 5. The first-order valence-electron chi connectivity index (χ1n) is 10.2. The van der Waals surface area contributed by atoms with E-state index in [1.807, 2.05) is 56.5 Å². The van der Waals surface area contributed by atoms with Crippen LogP contribution in [-0.2, 0) is 5.41 Å². The maximum atomic E-state index is 13.4. The summed E-state index contributed by atoms with van der Waals surface area (Å²) >= 11 is 1.34. The molecule has 0 aliphatic carbocycles. The SMILES string of the molecule is Cc1cccc([N+](=O)[O-])c1N=Nc1c(-c2ccccc2)[nH]n(-c2nc(C(C)(C)C)cs2)c1=O. The van der Waals surface area contributed by atoms with Crippen molar-refractivity contribution in [2.45, 2.75) is 33.1 Å². The molecule has 0 fully saturated rings. The number of H-pyrrole nitrogens is 1. The van der Waals surface area contributed by atoms with Crippen LogP contribution in [-0.4, -0.2) is 19.7 Å². The van der Waals surface area contributed by atoms with E-state index in [0.29, 0.717) is 16.4 Å². The summed E-state index contributed by atoms with van der Waals surface area (Å²) in [5.74, 6) is 0. The summed E-state index contributed by atoms with van der Waals surface area (Å²) in [6, 6.07) is 13.9. The van der Waals surface area contributed by atoms with E-state index < -0.39 is 10.5 Å². The first-order valence-corrected chi connectivity index (χ1v) is 11.1. The third-order valence-corrected chi connectivity index (χ3v) is 5.87. The number of rotatable bonds is 5. The zero-order chi connectivity index (χ0) is 23.8. The van der Waals surface area contributed by atoms with Crippen LogP contribution in [0, 0.1) is 17.0 Å². The smallest absolute Gasteiger partial charge is 0.286 e. The second-order valence-corrected chi connectivity index (χ2v) is 9.34. The molecule has 10 heteroatoms. The van der Waals surface area contributed by atoms with Crippen molar-refractivity contribution >= 4 is 28.4 Å². The van der Waals surface area contributed by atoms with Crippen molar-refractivity contribution in [3.63, 3.8) is 0 Å². The van der Waals surface area contributed by atoms with Crippen LogP contribution in [0.15, 0.2) is 68.9 Å². The van der Waals surface area contributed by atoms with E-state index in [1.54, 1.807) is 19.1 Å². The number of aryl methyl sites for hydroxylation is 1. The van der Waals surface area contributed by atoms with Crippen LogP contribution in [0.25, 0.3) is 16.4 Å². The Bertz CT molecular complexity index is 1410. The van der Waals surface area contributed by atoms with Gasteiger partial charge in [-0.2, -0.15) is 4.68 Å². The summed E-state index contributed by atoms with van der Waals surface area (Å²) in [5, 5.41) is 25.3. The average molecular weight is 463 g/mol. The van der Waals surface area contributed by atoms with Crippen LogP contribution in [0.2, 0.25) is 0 Å². The quantitative estimate of drug-likeness (QED) is 0.215. The number of nitro groups is 1. The van der Waals surface area contributed by atoms with Gasteiger partial charge < -0.3 is 0 Å². The van der Waals surface area contributed by atoms with Crippen molar-refractivity contribution in [2.75, 3.05) is 0 Å². The Morgan fingerprint density at radius 2 is 1.76 bits per heavy atom. The molecule has 0 aliphatic heterocycles. The van der Waals surface area contributed by atoms with Gasteiger partial charge >= 0.3 is 5.56 Å². The zero-order valence-electron chi connectivity index (χ0n) is 18.6. The van der Waals surface area contributed by atoms with Crippen LogP contribution in [0.4, 0.5) is 17.1 Å². The lowest BCUT2D eigenvalue weighted by Crippen LogP contribution is -2.16. The number of nitro benzene ring substituents is 1. The number of azo groups is 1. The summed E-state index contributed by atoms with van der Waals surface area (Å²) in [7, 11) is 0. The van der Waals surface area contributed by atoms with Gasteiger partial charge in [-0.1, -0.05) is 63.2 Å². The summed E-state index contributed by atoms with van der Waals surface area (Å²) < 4.78 is 1.34. The van der Waals surface area contributed by atoms with Gasteiger partial charge in [-0.05, 0) is 12.5 Å². The van der Waals surface area contributed by atoms with Crippen molar-refractivity contribution < 1.29 is 4.92 Å². The molecule has 0 bridgehead atoms. The molecule has 0 atom stereocenters. The van der Waals surface area contributed by atoms with Crippen LogP contribution < -0.4 is 5.56 Å². The summed E-state index contributed by atoms with van der Waals surface area (Å²) in [4.78, 5) is 28.9. The van der Waals surface area contributed by atoms with Crippen LogP contribution >= 0.6 is 11.3 Å². The maximum absolute atomic E-state index is 13.4. The molecule has 2 aromatic heterocycles. The van der Waals surface area contributed by atoms with E-state index in [9.17, 15) is 14.9 Å². The lowest BCUT2D eigenvalue weighted by molar-refractivity contribution is -0.384. The molecule has 33 heavy (non-hydrogen) atoms. The molecule has 0 radical (unpaired) electrons. The third kappa shape index (κ3) is 4.37. The van der Waals surface area contributed by atoms with Crippen molar-refractivity contribution in [1.29, 1.82) is 0 Å². The van der Waals surface area contributed by atoms with Gasteiger partial charge in [0.25, 0.3) is 5.69 Å². The Morgan fingerprint density at radius 3 is 2.39 bits per heavy atom.